The van der Waals surface area contributed by atoms with E-state index in [2.05, 4.69) is 4.98 Å². The SMILES string of the molecule is N=[SH-]=O.c1ccncc1. The van der Waals surface area contributed by atoms with E-state index in [-0.39, 0.29) is 0 Å². The summed E-state index contributed by atoms with van der Waals surface area (Å²) >= 11 is -0.583. The number of rotatable bonds is 0. The Balaban J connectivity index is 0.000000187. The smallest absolute Gasteiger partial charge is 0.0267 e. The summed E-state index contributed by atoms with van der Waals surface area (Å²) in [5.41, 5.74) is 0. The zero-order valence-corrected chi connectivity index (χ0v) is 5.58. The van der Waals surface area contributed by atoms with Crippen molar-refractivity contribution in [2.75, 3.05) is 0 Å². The molecule has 0 unspecified atom stereocenters. The molecule has 1 aromatic rings. The largest absolute Gasteiger partial charge is 0.448 e. The summed E-state index contributed by atoms with van der Waals surface area (Å²) in [5.74, 6) is 0. The maximum Gasteiger partial charge on any atom is 0.0267 e. The standard InChI is InChI=1S/C5H5N.H2NOS/c1-2-4-6-5-3-1;1-3-2/h1-5H;1,3H/q;-1. The first-order chi connectivity index (χ1) is 4.41. The Hall–Kier alpha value is -0.900. The van der Waals surface area contributed by atoms with Crippen LogP contribution in [0.25, 0.3) is 0 Å². The van der Waals surface area contributed by atoms with E-state index in [0.29, 0.717) is 0 Å². The van der Waals surface area contributed by atoms with E-state index in [1.807, 2.05) is 18.2 Å². The van der Waals surface area contributed by atoms with Gasteiger partial charge in [-0.05, 0) is 12.1 Å². The minimum Gasteiger partial charge on any atom is -0.448 e. The van der Waals surface area contributed by atoms with Gasteiger partial charge in [0.15, 0.2) is 0 Å². The lowest BCUT2D eigenvalue weighted by atomic mass is 10.5. The summed E-state index contributed by atoms with van der Waals surface area (Å²) in [6, 6.07) is 5.72. The highest BCUT2D eigenvalue weighted by molar-refractivity contribution is 7.52. The molecule has 0 atom stereocenters. The van der Waals surface area contributed by atoms with Crippen LogP contribution in [-0.4, -0.2) is 4.98 Å². The average molecular weight is 143 g/mol. The van der Waals surface area contributed by atoms with Crippen molar-refractivity contribution in [1.82, 2.24) is 4.98 Å². The lowest BCUT2D eigenvalue weighted by Gasteiger charge is -1.70. The predicted octanol–water partition coefficient (Wildman–Crippen LogP) is 0.991. The summed E-state index contributed by atoms with van der Waals surface area (Å²) in [6.45, 7) is 0. The molecule has 0 aliphatic rings. The van der Waals surface area contributed by atoms with E-state index < -0.39 is 11.5 Å². The predicted molar refractivity (Wildman–Crippen MR) is 36.4 cm³/mol. The molecule has 9 heavy (non-hydrogen) atoms. The second-order valence-electron chi connectivity index (χ2n) is 1.12. The van der Waals surface area contributed by atoms with E-state index in [9.17, 15) is 0 Å². The van der Waals surface area contributed by atoms with Gasteiger partial charge in [-0.25, -0.2) is 11.5 Å². The molecule has 0 saturated carbocycles. The Bertz CT molecular complexity index is 145. The number of nitrogens with zero attached hydrogens (tertiary/aromatic N) is 1. The van der Waals surface area contributed by atoms with Crippen LogP contribution in [0.15, 0.2) is 30.6 Å². The highest BCUT2D eigenvalue weighted by atomic mass is 32.1. The summed E-state index contributed by atoms with van der Waals surface area (Å²) in [4.78, 5) is 3.78. The lowest BCUT2D eigenvalue weighted by molar-refractivity contribution is 0.608. The number of aromatic nitrogens is 1. The van der Waals surface area contributed by atoms with Crippen molar-refractivity contribution in [1.29, 1.82) is 4.78 Å². The van der Waals surface area contributed by atoms with E-state index >= 15 is 0 Å². The molecule has 0 amide bonds. The summed E-state index contributed by atoms with van der Waals surface area (Å²) in [5, 5.41) is 0. The third-order valence-electron chi connectivity index (χ3n) is 0.566. The molecule has 0 bridgehead atoms. The first-order valence-electron chi connectivity index (χ1n) is 2.26. The minimum absolute atomic E-state index is 0.583. The van der Waals surface area contributed by atoms with Gasteiger partial charge in [-0.1, -0.05) is 6.07 Å². The van der Waals surface area contributed by atoms with Crippen LogP contribution in [0.4, 0.5) is 0 Å². The molecule has 1 heterocycles. The van der Waals surface area contributed by atoms with Crippen molar-refractivity contribution in [2.24, 2.45) is 0 Å². The monoisotopic (exact) mass is 143 g/mol. The topological polar surface area (TPSA) is 53.8 Å². The zero-order valence-electron chi connectivity index (χ0n) is 4.69. The van der Waals surface area contributed by atoms with Crippen LogP contribution in [0.3, 0.4) is 0 Å². The Morgan fingerprint density at radius 3 is 1.78 bits per heavy atom. The van der Waals surface area contributed by atoms with Crippen LogP contribution >= 0.6 is 0 Å². The van der Waals surface area contributed by atoms with Crippen LogP contribution < -0.4 is 0 Å². The molecule has 1 aromatic heterocycles. The molecular formula is C5H7N2OS-. The number of hydrogen-bond donors (Lipinski definition) is 1. The van der Waals surface area contributed by atoms with Crippen molar-refractivity contribution in [3.8, 4) is 0 Å². The van der Waals surface area contributed by atoms with Crippen LogP contribution in [-0.2, 0) is 15.7 Å². The van der Waals surface area contributed by atoms with E-state index in [4.69, 9.17) is 8.99 Å². The maximum absolute atomic E-state index is 8.57. The number of pyridine rings is 1. The molecular weight excluding hydrogens is 136 g/mol. The summed E-state index contributed by atoms with van der Waals surface area (Å²) in [7, 11) is 0. The van der Waals surface area contributed by atoms with Gasteiger partial charge in [0.05, 0.1) is 0 Å². The molecule has 1 rings (SSSR count). The van der Waals surface area contributed by atoms with Gasteiger partial charge in [0, 0.05) is 12.4 Å². The fourth-order valence-electron chi connectivity index (χ4n) is 0.313. The molecule has 0 spiro atoms. The normalized spacial score (nSPS) is 7.11. The molecule has 0 saturated heterocycles. The van der Waals surface area contributed by atoms with E-state index in [1.54, 1.807) is 12.4 Å². The molecule has 3 nitrogen and oxygen atoms in total. The highest BCUT2D eigenvalue weighted by Crippen LogP contribution is 1.73. The second kappa shape index (κ2) is 7.10. The number of hydrogen-bond acceptors (Lipinski definition) is 4. The molecule has 50 valence electrons. The van der Waals surface area contributed by atoms with Crippen LogP contribution in [0, 0.1) is 4.78 Å². The van der Waals surface area contributed by atoms with Gasteiger partial charge in [0.1, 0.15) is 0 Å². The second-order valence-corrected chi connectivity index (χ2v) is 1.30. The van der Waals surface area contributed by atoms with Gasteiger partial charge < -0.3 is 8.99 Å². The fourth-order valence-corrected chi connectivity index (χ4v) is 0.313. The molecule has 0 aliphatic heterocycles. The van der Waals surface area contributed by atoms with Crippen molar-refractivity contribution >= 4 is 11.5 Å². The first kappa shape index (κ1) is 8.10. The number of thiol groups is 1. The third kappa shape index (κ3) is 7.10. The van der Waals surface area contributed by atoms with Crippen LogP contribution in [0.1, 0.15) is 0 Å². The van der Waals surface area contributed by atoms with Crippen molar-refractivity contribution in [2.45, 2.75) is 0 Å². The Labute approximate surface area is 56.8 Å². The number of nitrogens with one attached hydrogen (secondary N) is 1. The maximum atomic E-state index is 8.57. The summed E-state index contributed by atoms with van der Waals surface area (Å²) in [6.07, 6.45) is 3.50. The van der Waals surface area contributed by atoms with Gasteiger partial charge in [-0.2, -0.15) is 0 Å². The molecule has 0 aliphatic carbocycles. The van der Waals surface area contributed by atoms with Gasteiger partial charge in [-0.15, -0.1) is 0 Å². The highest BCUT2D eigenvalue weighted by Gasteiger charge is 1.58. The Kier molecular flexibility index (Phi) is 6.39. The van der Waals surface area contributed by atoms with Gasteiger partial charge >= 0.3 is 0 Å². The van der Waals surface area contributed by atoms with E-state index in [0.717, 1.165) is 0 Å². The first-order valence-corrected chi connectivity index (χ1v) is 3.07. The third-order valence-corrected chi connectivity index (χ3v) is 0.566. The van der Waals surface area contributed by atoms with Crippen molar-refractivity contribution < 1.29 is 4.21 Å². The molecule has 4 heteroatoms. The molecule has 0 radical (unpaired) electrons. The Morgan fingerprint density at radius 2 is 1.67 bits per heavy atom. The fraction of sp³-hybridized carbons (Fsp3) is 0. The zero-order chi connectivity index (χ0) is 6.95. The van der Waals surface area contributed by atoms with Gasteiger partial charge in [-0.3, -0.25) is 4.98 Å². The van der Waals surface area contributed by atoms with E-state index in [1.165, 1.54) is 0 Å². The molecule has 1 N–H and O–H groups in total. The van der Waals surface area contributed by atoms with Crippen molar-refractivity contribution in [3.63, 3.8) is 0 Å². The van der Waals surface area contributed by atoms with Gasteiger partial charge in [0.2, 0.25) is 0 Å². The lowest BCUT2D eigenvalue weighted by Crippen LogP contribution is -1.58. The average Bonchev–Trinajstić information content (AvgIpc) is 1.93. The van der Waals surface area contributed by atoms with Crippen LogP contribution in [0.5, 0.6) is 0 Å². The molecule has 0 fully saturated rings. The minimum atomic E-state index is -0.583. The summed E-state index contributed by atoms with van der Waals surface area (Å²) < 4.78 is 14.2. The van der Waals surface area contributed by atoms with Crippen molar-refractivity contribution in [3.05, 3.63) is 30.6 Å². The molecule has 0 aromatic carbocycles. The van der Waals surface area contributed by atoms with Gasteiger partial charge in [0.25, 0.3) is 0 Å². The Morgan fingerprint density at radius 1 is 1.22 bits per heavy atom. The quantitative estimate of drug-likeness (QED) is 0.435. The van der Waals surface area contributed by atoms with Crippen LogP contribution in [0.2, 0.25) is 0 Å².